The first kappa shape index (κ1) is 14.5. The van der Waals surface area contributed by atoms with Gasteiger partial charge in [0.1, 0.15) is 0 Å². The van der Waals surface area contributed by atoms with Crippen molar-refractivity contribution in [2.75, 3.05) is 26.2 Å². The van der Waals surface area contributed by atoms with Gasteiger partial charge in [-0.2, -0.15) is 0 Å². The first-order valence-corrected chi connectivity index (χ1v) is 7.11. The van der Waals surface area contributed by atoms with Crippen LogP contribution < -0.4 is 10.8 Å². The molecule has 3 saturated heterocycles. The molecule has 8 heteroatoms. The van der Waals surface area contributed by atoms with Crippen LogP contribution in [-0.4, -0.2) is 60.3 Å². The van der Waals surface area contributed by atoms with E-state index in [9.17, 15) is 9.59 Å². The number of carbonyl (C=O) groups excluding carboxylic acids is 2. The van der Waals surface area contributed by atoms with Crippen molar-refractivity contribution in [3.63, 3.8) is 0 Å². The van der Waals surface area contributed by atoms with Crippen LogP contribution in [0.15, 0.2) is 0 Å². The summed E-state index contributed by atoms with van der Waals surface area (Å²) in [7, 11) is 2.50. The average molecular weight is 288 g/mol. The van der Waals surface area contributed by atoms with E-state index in [4.69, 9.17) is 4.84 Å². The summed E-state index contributed by atoms with van der Waals surface area (Å²) < 4.78 is 1.78. The first-order chi connectivity index (χ1) is 9.22. The van der Waals surface area contributed by atoms with Gasteiger partial charge >= 0.3 is 6.03 Å². The van der Waals surface area contributed by atoms with Crippen LogP contribution in [0.5, 0.6) is 0 Å². The van der Waals surface area contributed by atoms with E-state index < -0.39 is 0 Å². The third kappa shape index (κ3) is 3.78. The molecule has 3 unspecified atom stereocenters. The van der Waals surface area contributed by atoms with Crippen molar-refractivity contribution in [3.05, 3.63) is 0 Å². The van der Waals surface area contributed by atoms with Crippen molar-refractivity contribution in [3.8, 4) is 0 Å². The third-order valence-corrected chi connectivity index (χ3v) is 4.27. The minimum Gasteiger partial charge on any atom is -0.322 e. The summed E-state index contributed by atoms with van der Waals surface area (Å²) in [6, 6.07) is 1.11. The number of piperidine rings is 1. The van der Waals surface area contributed by atoms with Gasteiger partial charge in [-0.15, -0.1) is 0 Å². The second-order valence-corrected chi connectivity index (χ2v) is 5.47. The molecule has 3 fully saturated rings. The molecule has 0 aromatic heterocycles. The fourth-order valence-electron chi connectivity index (χ4n) is 2.35. The molecule has 3 atom stereocenters. The van der Waals surface area contributed by atoms with Crippen molar-refractivity contribution in [2.24, 2.45) is 0 Å². The molecule has 3 aliphatic heterocycles. The number of fused-ring (bicyclic) bond motifs is 2. The number of nitrogens with one attached hydrogen (secondary N) is 2. The van der Waals surface area contributed by atoms with Gasteiger partial charge in [0.25, 0.3) is 0 Å². The molecule has 3 amide bonds. The molecule has 0 aromatic carbocycles. The summed E-state index contributed by atoms with van der Waals surface area (Å²) in [5, 5.41) is 3.12. The van der Waals surface area contributed by atoms with Gasteiger partial charge in [0.05, 0.1) is 12.6 Å². The van der Waals surface area contributed by atoms with Gasteiger partial charge in [-0.25, -0.2) is 10.3 Å². The molecule has 108 valence electrons. The SMILES string of the molecule is O=C1N2CCCC(C2)N1P.O=CNOCC1CCN1. The Kier molecular flexibility index (Phi) is 5.36. The minimum absolute atomic E-state index is 0.188. The molecule has 3 heterocycles. The predicted molar refractivity (Wildman–Crippen MR) is 73.1 cm³/mol. The molecule has 2 N–H and O–H groups in total. The number of hydrogen-bond acceptors (Lipinski definition) is 4. The number of nitrogens with zero attached hydrogens (tertiary/aromatic N) is 2. The van der Waals surface area contributed by atoms with Crippen LogP contribution in [0.4, 0.5) is 4.79 Å². The maximum atomic E-state index is 11.2. The average Bonchev–Trinajstić information content (AvgIpc) is 2.58. The van der Waals surface area contributed by atoms with E-state index in [2.05, 4.69) is 20.2 Å². The Labute approximate surface area is 115 Å². The molecule has 3 rings (SSSR count). The summed E-state index contributed by atoms with van der Waals surface area (Å²) >= 11 is 0. The van der Waals surface area contributed by atoms with E-state index in [-0.39, 0.29) is 6.03 Å². The molecule has 0 aromatic rings. The monoisotopic (exact) mass is 288 g/mol. The summed E-state index contributed by atoms with van der Waals surface area (Å²) in [6.45, 7) is 3.54. The van der Waals surface area contributed by atoms with E-state index in [0.29, 0.717) is 25.1 Å². The fourth-order valence-corrected chi connectivity index (χ4v) is 2.76. The second-order valence-electron chi connectivity index (χ2n) is 4.92. The van der Waals surface area contributed by atoms with E-state index in [1.165, 1.54) is 12.8 Å². The van der Waals surface area contributed by atoms with Crippen LogP contribution in [0.1, 0.15) is 19.3 Å². The zero-order chi connectivity index (χ0) is 13.7. The van der Waals surface area contributed by atoms with E-state index in [1.54, 1.807) is 4.67 Å². The van der Waals surface area contributed by atoms with Gasteiger partial charge in [-0.3, -0.25) is 9.63 Å². The first-order valence-electron chi connectivity index (χ1n) is 6.59. The lowest BCUT2D eigenvalue weighted by Crippen LogP contribution is -2.46. The van der Waals surface area contributed by atoms with Gasteiger partial charge in [0, 0.05) is 19.1 Å². The third-order valence-electron chi connectivity index (χ3n) is 3.62. The summed E-state index contributed by atoms with van der Waals surface area (Å²) in [4.78, 5) is 27.5. The Bertz CT molecular complexity index is 323. The molecule has 0 radical (unpaired) electrons. The molecule has 0 spiro atoms. The Morgan fingerprint density at radius 1 is 1.53 bits per heavy atom. The van der Waals surface area contributed by atoms with Crippen LogP contribution in [0.25, 0.3) is 0 Å². The van der Waals surface area contributed by atoms with Crippen molar-refractivity contribution in [1.29, 1.82) is 0 Å². The van der Waals surface area contributed by atoms with Crippen LogP contribution in [0.2, 0.25) is 0 Å². The standard InChI is InChI=1S/C6H11N2OP.C5H10N2O2/c9-6-7-3-1-2-5(4-7)8(6)10;8-4-7-9-3-5-1-2-6-5/h5H,1-4,10H2;4-6H,1-3H2,(H,7,8). The van der Waals surface area contributed by atoms with Crippen LogP contribution >= 0.6 is 9.39 Å². The Morgan fingerprint density at radius 2 is 2.32 bits per heavy atom. The van der Waals surface area contributed by atoms with Crippen molar-refractivity contribution >= 4 is 21.8 Å². The highest BCUT2D eigenvalue weighted by Gasteiger charge is 2.37. The van der Waals surface area contributed by atoms with Crippen molar-refractivity contribution in [1.82, 2.24) is 20.4 Å². The predicted octanol–water partition coefficient (Wildman–Crippen LogP) is -0.298. The number of amides is 3. The molecule has 19 heavy (non-hydrogen) atoms. The summed E-state index contributed by atoms with van der Waals surface area (Å²) in [5.41, 5.74) is 2.13. The molecule has 7 nitrogen and oxygen atoms in total. The molecule has 2 bridgehead atoms. The lowest BCUT2D eigenvalue weighted by Gasteiger charge is -2.26. The number of hydrogen-bond donors (Lipinski definition) is 2. The second kappa shape index (κ2) is 7.03. The smallest absolute Gasteiger partial charge is 0.322 e. The quantitative estimate of drug-likeness (QED) is 0.322. The zero-order valence-corrected chi connectivity index (χ0v) is 12.0. The minimum atomic E-state index is 0.188. The lowest BCUT2D eigenvalue weighted by atomic mass is 10.1. The number of rotatable bonds is 4. The zero-order valence-electron chi connectivity index (χ0n) is 10.9. The van der Waals surface area contributed by atoms with Gasteiger partial charge in [-0.1, -0.05) is 0 Å². The number of hydroxylamine groups is 1. The molecule has 3 aliphatic rings. The molecule has 0 aliphatic carbocycles. The molecule has 0 saturated carbocycles. The largest absolute Gasteiger partial charge is 0.323 e. The van der Waals surface area contributed by atoms with Gasteiger partial charge < -0.3 is 14.9 Å². The Hall–Kier alpha value is -0.910. The highest BCUT2D eigenvalue weighted by Crippen LogP contribution is 2.27. The molecular weight excluding hydrogens is 267 g/mol. The van der Waals surface area contributed by atoms with Crippen LogP contribution in [-0.2, 0) is 9.63 Å². The van der Waals surface area contributed by atoms with Crippen LogP contribution in [0, 0.1) is 0 Å². The van der Waals surface area contributed by atoms with E-state index >= 15 is 0 Å². The van der Waals surface area contributed by atoms with E-state index in [0.717, 1.165) is 26.1 Å². The highest BCUT2D eigenvalue weighted by atomic mass is 31.0. The summed E-state index contributed by atoms with van der Waals surface area (Å²) in [6.07, 6.45) is 4.01. The summed E-state index contributed by atoms with van der Waals surface area (Å²) in [5.74, 6) is 0. The normalized spacial score (nSPS) is 28.4. The number of carbonyl (C=O) groups is 2. The lowest BCUT2D eigenvalue weighted by molar-refractivity contribution is -0.121. The maximum Gasteiger partial charge on any atom is 0.323 e. The van der Waals surface area contributed by atoms with Gasteiger partial charge in [0.15, 0.2) is 0 Å². The topological polar surface area (TPSA) is 73.9 Å². The van der Waals surface area contributed by atoms with Crippen molar-refractivity contribution in [2.45, 2.75) is 31.3 Å². The van der Waals surface area contributed by atoms with Gasteiger partial charge in [-0.05, 0) is 35.2 Å². The Balaban J connectivity index is 0.000000141. The maximum absolute atomic E-state index is 11.2. The highest BCUT2D eigenvalue weighted by molar-refractivity contribution is 7.14. The number of urea groups is 1. The fraction of sp³-hybridized carbons (Fsp3) is 0.818. The van der Waals surface area contributed by atoms with E-state index in [1.807, 2.05) is 4.90 Å². The Morgan fingerprint density at radius 3 is 2.84 bits per heavy atom. The van der Waals surface area contributed by atoms with Crippen molar-refractivity contribution < 1.29 is 14.4 Å². The van der Waals surface area contributed by atoms with Gasteiger partial charge in [0.2, 0.25) is 6.41 Å². The van der Waals surface area contributed by atoms with Crippen LogP contribution in [0.3, 0.4) is 0 Å². The molecular formula is C11H21N4O3P.